The van der Waals surface area contributed by atoms with E-state index in [4.69, 9.17) is 16.6 Å². The zero-order valence-corrected chi connectivity index (χ0v) is 18.6. The summed E-state index contributed by atoms with van der Waals surface area (Å²) in [7, 11) is -1.20. The molecular formula is C22H27ClN4O2S. The molecule has 160 valence electrons. The number of aliphatic hydroxyl groups excluding tert-OH is 1. The molecule has 3 atom stereocenters. The maximum Gasteiger partial charge on any atom is 0.227 e. The van der Waals surface area contributed by atoms with E-state index in [2.05, 4.69) is 27.3 Å². The summed E-state index contributed by atoms with van der Waals surface area (Å²) in [5.41, 5.74) is 1.01. The molecular weight excluding hydrogens is 420 g/mol. The van der Waals surface area contributed by atoms with Gasteiger partial charge in [0, 0.05) is 23.4 Å². The molecule has 2 bridgehead atoms. The van der Waals surface area contributed by atoms with Crippen molar-refractivity contribution in [1.29, 1.82) is 0 Å². The maximum atomic E-state index is 12.2. The molecule has 6 nitrogen and oxygen atoms in total. The minimum atomic E-state index is -1.20. The van der Waals surface area contributed by atoms with Crippen LogP contribution in [0, 0.1) is 0 Å². The Bertz CT molecular complexity index is 949. The number of rotatable bonds is 6. The van der Waals surface area contributed by atoms with Crippen molar-refractivity contribution in [3.05, 3.63) is 41.0 Å². The molecule has 4 fully saturated rings. The highest BCUT2D eigenvalue weighted by Crippen LogP contribution is 2.47. The second kappa shape index (κ2) is 7.77. The summed E-state index contributed by atoms with van der Waals surface area (Å²) in [6.45, 7) is 0.0554. The van der Waals surface area contributed by atoms with Crippen LogP contribution in [0.15, 0.2) is 35.4 Å². The van der Waals surface area contributed by atoms with Crippen molar-refractivity contribution in [3.63, 3.8) is 0 Å². The van der Waals surface area contributed by atoms with Gasteiger partial charge < -0.3 is 15.3 Å². The molecule has 2 aromatic rings. The molecule has 2 N–H and O–H groups in total. The number of hydrogen-bond donors (Lipinski definition) is 2. The number of halogens is 1. The number of fused-ring (bicyclic) bond motifs is 2. The maximum absolute atomic E-state index is 12.2. The van der Waals surface area contributed by atoms with Crippen LogP contribution in [0.1, 0.15) is 50.0 Å². The first-order chi connectivity index (χ1) is 14.5. The van der Waals surface area contributed by atoms with E-state index in [0.717, 1.165) is 43.5 Å². The van der Waals surface area contributed by atoms with Crippen molar-refractivity contribution < 1.29 is 9.32 Å². The van der Waals surface area contributed by atoms with Crippen LogP contribution >= 0.6 is 11.6 Å². The van der Waals surface area contributed by atoms with Crippen LogP contribution in [0.25, 0.3) is 0 Å². The molecule has 0 amide bonds. The van der Waals surface area contributed by atoms with E-state index in [1.165, 1.54) is 5.56 Å². The average Bonchev–Trinajstić information content (AvgIpc) is 2.71. The van der Waals surface area contributed by atoms with Crippen LogP contribution in [0.5, 0.6) is 0 Å². The number of aromatic nitrogens is 2. The number of nitrogens with one attached hydrogen (secondary N) is 1. The SMILES string of the molecule is C[S@@](=O)c1cnc(N2C3CC(c4ccc(Cl)cc4)CC2C3)nc1NC1(CO)CCC1. The molecule has 0 radical (unpaired) electrons. The zero-order chi connectivity index (χ0) is 20.9. The average molecular weight is 447 g/mol. The summed E-state index contributed by atoms with van der Waals surface area (Å²) < 4.78 is 12.2. The van der Waals surface area contributed by atoms with Gasteiger partial charge in [0.15, 0.2) is 0 Å². The highest BCUT2D eigenvalue weighted by atomic mass is 35.5. The molecule has 2 unspecified atom stereocenters. The number of hydrogen-bond acceptors (Lipinski definition) is 6. The lowest BCUT2D eigenvalue weighted by Crippen LogP contribution is -2.61. The van der Waals surface area contributed by atoms with Crippen LogP contribution < -0.4 is 10.2 Å². The Labute approximate surface area is 184 Å². The van der Waals surface area contributed by atoms with Crippen molar-refractivity contribution >= 4 is 34.2 Å². The Morgan fingerprint density at radius 1 is 1.23 bits per heavy atom. The van der Waals surface area contributed by atoms with E-state index in [9.17, 15) is 9.32 Å². The molecule has 2 saturated carbocycles. The van der Waals surface area contributed by atoms with Gasteiger partial charge in [-0.1, -0.05) is 23.7 Å². The molecule has 0 spiro atoms. The Hall–Kier alpha value is -1.70. The minimum absolute atomic E-state index is 0.0554. The fourth-order valence-corrected chi connectivity index (χ4v) is 5.87. The predicted octanol–water partition coefficient (Wildman–Crippen LogP) is 3.72. The third-order valence-electron chi connectivity index (χ3n) is 7.07. The largest absolute Gasteiger partial charge is 0.394 e. The lowest BCUT2D eigenvalue weighted by atomic mass is 9.71. The number of nitrogens with zero attached hydrogens (tertiary/aromatic N) is 3. The van der Waals surface area contributed by atoms with Crippen molar-refractivity contribution in [2.45, 2.75) is 67.0 Å². The smallest absolute Gasteiger partial charge is 0.227 e. The number of piperidine rings is 1. The summed E-state index contributed by atoms with van der Waals surface area (Å²) in [6.07, 6.45) is 9.53. The van der Waals surface area contributed by atoms with E-state index in [0.29, 0.717) is 34.7 Å². The normalized spacial score (nSPS) is 27.7. The number of benzene rings is 1. The van der Waals surface area contributed by atoms with Gasteiger partial charge >= 0.3 is 0 Å². The Morgan fingerprint density at radius 2 is 1.93 bits per heavy atom. The molecule has 1 aromatic heterocycles. The van der Waals surface area contributed by atoms with E-state index >= 15 is 0 Å². The summed E-state index contributed by atoms with van der Waals surface area (Å²) in [4.78, 5) is 12.3. The number of anilines is 2. The highest BCUT2D eigenvalue weighted by molar-refractivity contribution is 7.84. The van der Waals surface area contributed by atoms with E-state index < -0.39 is 10.8 Å². The van der Waals surface area contributed by atoms with Gasteiger partial charge in [-0.05, 0) is 62.1 Å². The van der Waals surface area contributed by atoms with Gasteiger partial charge in [-0.2, -0.15) is 4.98 Å². The summed E-state index contributed by atoms with van der Waals surface area (Å²) >= 11 is 6.04. The fraction of sp³-hybridized carbons (Fsp3) is 0.545. The predicted molar refractivity (Wildman–Crippen MR) is 120 cm³/mol. The van der Waals surface area contributed by atoms with Gasteiger partial charge in [0.2, 0.25) is 5.95 Å². The lowest BCUT2D eigenvalue weighted by molar-refractivity contribution is 0.143. The summed E-state index contributed by atoms with van der Waals surface area (Å²) in [5, 5.41) is 14.0. The third-order valence-corrected chi connectivity index (χ3v) is 8.24. The van der Waals surface area contributed by atoms with Crippen LogP contribution in [-0.4, -0.2) is 49.8 Å². The standard InChI is InChI=1S/C22H27ClN4O2S/c1-30(29)19-12-24-21(25-20(19)26-22(13-28)7-2-8-22)27-17-9-15(10-18(27)11-17)14-3-5-16(23)6-4-14/h3-6,12,15,17-18,28H,2,7-11,13H2,1H3,(H,24,25,26)/t15?,17?,18?,30-/m1/s1. The fourth-order valence-electron chi connectivity index (χ4n) is 5.17. The Balaban J connectivity index is 1.37. The molecule has 4 aliphatic rings. The lowest BCUT2D eigenvalue weighted by Gasteiger charge is -2.55. The third kappa shape index (κ3) is 3.51. The first-order valence-electron chi connectivity index (χ1n) is 10.6. The quantitative estimate of drug-likeness (QED) is 0.704. The van der Waals surface area contributed by atoms with Gasteiger partial charge in [-0.25, -0.2) is 4.98 Å². The topological polar surface area (TPSA) is 78.4 Å². The van der Waals surface area contributed by atoms with Crippen LogP contribution in [0.4, 0.5) is 11.8 Å². The first kappa shape index (κ1) is 20.2. The van der Waals surface area contributed by atoms with Crippen LogP contribution in [-0.2, 0) is 10.8 Å². The zero-order valence-electron chi connectivity index (χ0n) is 17.1. The Morgan fingerprint density at radius 3 is 2.50 bits per heavy atom. The van der Waals surface area contributed by atoms with Gasteiger partial charge in [-0.15, -0.1) is 0 Å². The summed E-state index contributed by atoms with van der Waals surface area (Å²) in [6, 6.07) is 9.06. The monoisotopic (exact) mass is 446 g/mol. The Kier molecular flexibility index (Phi) is 5.24. The molecule has 2 aliphatic heterocycles. The van der Waals surface area contributed by atoms with Gasteiger partial charge in [0.1, 0.15) is 5.82 Å². The molecule has 30 heavy (non-hydrogen) atoms. The van der Waals surface area contributed by atoms with Crippen molar-refractivity contribution in [2.75, 3.05) is 23.1 Å². The van der Waals surface area contributed by atoms with Crippen molar-refractivity contribution in [3.8, 4) is 0 Å². The van der Waals surface area contributed by atoms with E-state index in [1.807, 2.05) is 12.1 Å². The van der Waals surface area contributed by atoms with Crippen molar-refractivity contribution in [2.24, 2.45) is 0 Å². The van der Waals surface area contributed by atoms with Crippen molar-refractivity contribution in [1.82, 2.24) is 9.97 Å². The van der Waals surface area contributed by atoms with Crippen LogP contribution in [0.2, 0.25) is 5.02 Å². The molecule has 1 aromatic carbocycles. The number of aliphatic hydroxyl groups is 1. The van der Waals surface area contributed by atoms with Crippen LogP contribution in [0.3, 0.4) is 0 Å². The van der Waals surface area contributed by atoms with E-state index in [-0.39, 0.29) is 12.1 Å². The highest BCUT2D eigenvalue weighted by Gasteiger charge is 2.47. The van der Waals surface area contributed by atoms with Gasteiger partial charge in [0.05, 0.1) is 34.0 Å². The second-order valence-electron chi connectivity index (χ2n) is 8.92. The first-order valence-corrected chi connectivity index (χ1v) is 12.5. The molecule has 6 rings (SSSR count). The second-order valence-corrected chi connectivity index (χ2v) is 10.7. The minimum Gasteiger partial charge on any atom is -0.394 e. The molecule has 2 aliphatic carbocycles. The van der Waals surface area contributed by atoms with Gasteiger partial charge in [0.25, 0.3) is 0 Å². The summed E-state index contributed by atoms with van der Waals surface area (Å²) in [5.74, 6) is 1.85. The molecule has 2 saturated heterocycles. The molecule has 3 heterocycles. The van der Waals surface area contributed by atoms with Gasteiger partial charge in [-0.3, -0.25) is 4.21 Å². The van der Waals surface area contributed by atoms with E-state index in [1.54, 1.807) is 12.5 Å². The molecule has 8 heteroatoms.